The maximum atomic E-state index is 14.5. The van der Waals surface area contributed by atoms with Crippen molar-refractivity contribution >= 4 is 71.3 Å². The molecule has 1 atom stereocenters. The van der Waals surface area contributed by atoms with E-state index in [9.17, 15) is 31.9 Å². The van der Waals surface area contributed by atoms with Gasteiger partial charge in [-0.15, -0.1) is 0 Å². The van der Waals surface area contributed by atoms with E-state index in [0.717, 1.165) is 22.3 Å². The number of benzene rings is 4. The van der Waals surface area contributed by atoms with Crippen LogP contribution in [0.2, 0.25) is 5.02 Å². The van der Waals surface area contributed by atoms with E-state index in [1.165, 1.54) is 31.0 Å². The molecule has 51 heavy (non-hydrogen) atoms. The minimum Gasteiger partial charge on any atom is -0.497 e. The van der Waals surface area contributed by atoms with Crippen LogP contribution in [-0.2, 0) is 29.9 Å². The van der Waals surface area contributed by atoms with Crippen LogP contribution in [-0.4, -0.2) is 51.8 Å². The summed E-state index contributed by atoms with van der Waals surface area (Å²) < 4.78 is 65.6. The molecule has 6 aromatic rings. The lowest BCUT2D eigenvalue weighted by Gasteiger charge is -2.23. The molecule has 0 saturated heterocycles. The van der Waals surface area contributed by atoms with Crippen LogP contribution in [0.4, 0.5) is 19.4 Å². The molecule has 0 fully saturated rings. The summed E-state index contributed by atoms with van der Waals surface area (Å²) >= 11 is 10.1. The first-order valence-corrected chi connectivity index (χ1v) is 18.0. The van der Waals surface area contributed by atoms with Crippen LogP contribution in [0.5, 0.6) is 5.75 Å². The molecule has 17 heteroatoms. The number of hydrogen-bond acceptors (Lipinski definition) is 7. The average Bonchev–Trinajstić information content (AvgIpc) is 3.39. The van der Waals surface area contributed by atoms with Crippen molar-refractivity contribution in [1.82, 2.24) is 24.6 Å². The first kappa shape index (κ1) is 35.8. The lowest BCUT2D eigenvalue weighted by Crippen LogP contribution is -2.35. The van der Waals surface area contributed by atoms with Crippen molar-refractivity contribution in [3.05, 3.63) is 121 Å². The minimum atomic E-state index is -3.98. The highest BCUT2D eigenvalue weighted by Crippen LogP contribution is 2.36. The normalized spacial score (nSPS) is 12.3. The molecule has 0 radical (unpaired) electrons. The number of nitrogens with one attached hydrogen (secondary N) is 2. The van der Waals surface area contributed by atoms with E-state index in [4.69, 9.17) is 21.3 Å². The largest absolute Gasteiger partial charge is 0.497 e. The number of aromatic nitrogens is 4. The molecule has 0 aliphatic carbocycles. The Balaban J connectivity index is 1.51. The second-order valence-corrected chi connectivity index (χ2v) is 14.6. The van der Waals surface area contributed by atoms with Crippen LogP contribution in [0.3, 0.4) is 0 Å². The SMILES string of the molecule is COc1ccc(CCS(=O)(=O)Nc2nn(C)c3c(-n4c([C@H](Cc5cc(F)cc(F)c5)NC(=O)O)nc5cccc(Br)c5c4=O)ccc(Cl)c23)cc1. The quantitative estimate of drug-likeness (QED) is 0.134. The molecule has 6 rings (SSSR count). The van der Waals surface area contributed by atoms with Gasteiger partial charge in [0.15, 0.2) is 5.82 Å². The number of rotatable bonds is 11. The molecule has 264 valence electrons. The zero-order valence-corrected chi connectivity index (χ0v) is 30.0. The fraction of sp³-hybridized carbons (Fsp3) is 0.176. The van der Waals surface area contributed by atoms with E-state index in [1.54, 1.807) is 42.5 Å². The standard InChI is InChI=1S/C34H28BrClF2N6O6S/c1-43-30-27(11-10-24(36)29(30)31(41-43)42-51(48,49)13-12-18-6-8-22(50-2)9-7-18)44-32(39-25-5-3-4-23(35)28(25)33(44)45)26(40-34(46)47)16-19-14-20(37)17-21(38)15-19/h3-11,14-15,17,26,40H,12-13,16H2,1-2H3,(H,41,42)(H,46,47)/t26-/m0/s1. The van der Waals surface area contributed by atoms with Gasteiger partial charge in [0.2, 0.25) is 10.0 Å². The number of amides is 1. The Morgan fingerprint density at radius 3 is 2.41 bits per heavy atom. The van der Waals surface area contributed by atoms with Crippen molar-refractivity contribution in [3.63, 3.8) is 0 Å². The monoisotopic (exact) mass is 800 g/mol. The summed E-state index contributed by atoms with van der Waals surface area (Å²) in [5.74, 6) is -1.63. The summed E-state index contributed by atoms with van der Waals surface area (Å²) in [6.07, 6.45) is -1.60. The van der Waals surface area contributed by atoms with Crippen LogP contribution in [0.15, 0.2) is 82.1 Å². The first-order valence-electron chi connectivity index (χ1n) is 15.2. The summed E-state index contributed by atoms with van der Waals surface area (Å²) in [7, 11) is -0.925. The van der Waals surface area contributed by atoms with Gasteiger partial charge in [-0.1, -0.05) is 29.8 Å². The lowest BCUT2D eigenvalue weighted by atomic mass is 10.0. The van der Waals surface area contributed by atoms with Crippen molar-refractivity contribution in [2.24, 2.45) is 7.05 Å². The van der Waals surface area contributed by atoms with Gasteiger partial charge in [0.1, 0.15) is 23.2 Å². The maximum absolute atomic E-state index is 14.5. The summed E-state index contributed by atoms with van der Waals surface area (Å²) in [5, 5.41) is 17.0. The number of methoxy groups -OCH3 is 1. The summed E-state index contributed by atoms with van der Waals surface area (Å²) in [6, 6.07) is 16.2. The highest BCUT2D eigenvalue weighted by molar-refractivity contribution is 9.10. The number of nitrogens with zero attached hydrogens (tertiary/aromatic N) is 4. The molecule has 3 N–H and O–H groups in total. The van der Waals surface area contributed by atoms with Crippen LogP contribution in [0.1, 0.15) is 23.0 Å². The van der Waals surface area contributed by atoms with Crippen molar-refractivity contribution in [1.29, 1.82) is 0 Å². The fourth-order valence-corrected chi connectivity index (χ4v) is 7.66. The van der Waals surface area contributed by atoms with Gasteiger partial charge in [0.25, 0.3) is 5.56 Å². The molecule has 0 unspecified atom stereocenters. The number of fused-ring (bicyclic) bond motifs is 2. The third-order valence-corrected chi connectivity index (χ3v) is 10.3. The molecule has 2 aromatic heterocycles. The van der Waals surface area contributed by atoms with Crippen LogP contribution in [0, 0.1) is 11.6 Å². The molecular formula is C34H28BrClF2N6O6S. The van der Waals surface area contributed by atoms with E-state index in [1.807, 2.05) is 0 Å². The molecular weight excluding hydrogens is 774 g/mol. The average molecular weight is 802 g/mol. The van der Waals surface area contributed by atoms with Gasteiger partial charge in [0, 0.05) is 24.0 Å². The van der Waals surface area contributed by atoms with Gasteiger partial charge < -0.3 is 15.2 Å². The van der Waals surface area contributed by atoms with Gasteiger partial charge in [-0.2, -0.15) is 5.10 Å². The van der Waals surface area contributed by atoms with Crippen LogP contribution >= 0.6 is 27.5 Å². The molecule has 0 aliphatic heterocycles. The number of halogens is 4. The number of hydrogen-bond donors (Lipinski definition) is 3. The number of anilines is 1. The fourth-order valence-electron chi connectivity index (χ4n) is 5.85. The molecule has 0 aliphatic rings. The number of carboxylic acid groups (broad SMARTS) is 1. The summed E-state index contributed by atoms with van der Waals surface area (Å²) in [4.78, 5) is 31.3. The van der Waals surface area contributed by atoms with Gasteiger partial charge in [-0.3, -0.25) is 18.8 Å². The summed E-state index contributed by atoms with van der Waals surface area (Å²) in [5.41, 5.74) is 0.771. The van der Waals surface area contributed by atoms with E-state index in [0.29, 0.717) is 16.3 Å². The maximum Gasteiger partial charge on any atom is 0.405 e. The Hall–Kier alpha value is -5.06. The second kappa shape index (κ2) is 14.3. The van der Waals surface area contributed by atoms with Gasteiger partial charge in [-0.05, 0) is 82.0 Å². The highest BCUT2D eigenvalue weighted by atomic mass is 79.9. The van der Waals surface area contributed by atoms with Crippen molar-refractivity contribution < 1.29 is 31.8 Å². The Morgan fingerprint density at radius 2 is 1.75 bits per heavy atom. The Morgan fingerprint density at radius 1 is 1.04 bits per heavy atom. The number of carbonyl (C=O) groups is 1. The van der Waals surface area contributed by atoms with Crippen molar-refractivity contribution in [2.75, 3.05) is 17.6 Å². The number of ether oxygens (including phenoxy) is 1. The van der Waals surface area contributed by atoms with E-state index in [2.05, 4.69) is 31.1 Å². The highest BCUT2D eigenvalue weighted by Gasteiger charge is 2.28. The Kier molecular flexibility index (Phi) is 10.0. The first-order chi connectivity index (χ1) is 24.2. The Bertz CT molecular complexity index is 2470. The predicted molar refractivity (Wildman–Crippen MR) is 192 cm³/mol. The number of sulfonamides is 1. The molecule has 4 aromatic carbocycles. The van der Waals surface area contributed by atoms with Crippen molar-refractivity contribution in [3.8, 4) is 11.4 Å². The lowest BCUT2D eigenvalue weighted by molar-refractivity contribution is 0.189. The smallest absolute Gasteiger partial charge is 0.405 e. The van der Waals surface area contributed by atoms with Crippen molar-refractivity contribution in [2.45, 2.75) is 18.9 Å². The van der Waals surface area contributed by atoms with E-state index >= 15 is 0 Å². The second-order valence-electron chi connectivity index (χ2n) is 11.5. The number of aryl methyl sites for hydroxylation is 2. The topological polar surface area (TPSA) is 157 Å². The van der Waals surface area contributed by atoms with Gasteiger partial charge >= 0.3 is 6.09 Å². The molecule has 1 amide bonds. The van der Waals surface area contributed by atoms with E-state index in [-0.39, 0.29) is 68.3 Å². The van der Waals surface area contributed by atoms with Gasteiger partial charge in [0.05, 0.1) is 51.4 Å². The molecule has 0 saturated carbocycles. The molecule has 12 nitrogen and oxygen atoms in total. The van der Waals surface area contributed by atoms with Crippen LogP contribution < -0.4 is 20.3 Å². The van der Waals surface area contributed by atoms with E-state index < -0.39 is 39.4 Å². The summed E-state index contributed by atoms with van der Waals surface area (Å²) in [6.45, 7) is 0. The molecule has 0 spiro atoms. The van der Waals surface area contributed by atoms with Gasteiger partial charge in [-0.25, -0.2) is 27.0 Å². The zero-order chi connectivity index (χ0) is 36.6. The zero-order valence-electron chi connectivity index (χ0n) is 26.8. The third-order valence-electron chi connectivity index (χ3n) is 8.07. The predicted octanol–water partition coefficient (Wildman–Crippen LogP) is 6.51. The minimum absolute atomic E-state index is 0.0921. The third kappa shape index (κ3) is 7.52. The molecule has 0 bridgehead atoms. The van der Waals surface area contributed by atoms with Crippen LogP contribution in [0.25, 0.3) is 27.5 Å². The molecule has 2 heterocycles. The Labute approximate surface area is 302 Å².